The van der Waals surface area contributed by atoms with Gasteiger partial charge in [0.15, 0.2) is 0 Å². The van der Waals surface area contributed by atoms with Crippen molar-refractivity contribution in [3.05, 3.63) is 35.0 Å². The molecule has 17 heavy (non-hydrogen) atoms. The highest BCUT2D eigenvalue weighted by Crippen LogP contribution is 2.26. The molecule has 1 aromatic heterocycles. The van der Waals surface area contributed by atoms with Crippen LogP contribution in [0.4, 0.5) is 5.69 Å². The first kappa shape index (κ1) is 11.7. The number of ether oxygens (including phenoxy) is 1. The Kier molecular flexibility index (Phi) is 3.49. The number of aryl methyl sites for hydroxylation is 1. The predicted molar refractivity (Wildman–Crippen MR) is 64.4 cm³/mol. The molecule has 0 atom stereocenters. The Morgan fingerprint density at radius 2 is 2.24 bits per heavy atom. The van der Waals surface area contributed by atoms with Gasteiger partial charge in [0.25, 0.3) is 0 Å². The van der Waals surface area contributed by atoms with Crippen LogP contribution in [0.15, 0.2) is 22.6 Å². The SMILES string of the molecule is COc1ccc(Cl)c(NCc2nnc(C)o2)c1. The molecule has 90 valence electrons. The zero-order valence-corrected chi connectivity index (χ0v) is 10.3. The Hall–Kier alpha value is -1.75. The number of aromatic nitrogens is 2. The number of nitrogens with one attached hydrogen (secondary N) is 1. The molecule has 0 aliphatic rings. The second-order valence-electron chi connectivity index (χ2n) is 3.41. The normalized spacial score (nSPS) is 10.3. The summed E-state index contributed by atoms with van der Waals surface area (Å²) in [5.74, 6) is 1.79. The van der Waals surface area contributed by atoms with Crippen molar-refractivity contribution in [1.82, 2.24) is 10.2 Å². The molecule has 1 aromatic carbocycles. The molecule has 0 spiro atoms. The van der Waals surface area contributed by atoms with Crippen molar-refractivity contribution < 1.29 is 9.15 Å². The molecular formula is C11H12ClN3O2. The highest BCUT2D eigenvalue weighted by atomic mass is 35.5. The summed E-state index contributed by atoms with van der Waals surface area (Å²) in [6, 6.07) is 5.37. The van der Waals surface area contributed by atoms with Crippen LogP contribution in [0.1, 0.15) is 11.8 Å². The first-order chi connectivity index (χ1) is 8.19. The van der Waals surface area contributed by atoms with Crippen LogP contribution < -0.4 is 10.1 Å². The quantitative estimate of drug-likeness (QED) is 0.908. The Balaban J connectivity index is 2.07. The van der Waals surface area contributed by atoms with Gasteiger partial charge in [-0.3, -0.25) is 0 Å². The predicted octanol–water partition coefficient (Wildman–Crippen LogP) is 2.65. The largest absolute Gasteiger partial charge is 0.497 e. The molecule has 6 heteroatoms. The van der Waals surface area contributed by atoms with Crippen molar-refractivity contribution in [2.75, 3.05) is 12.4 Å². The van der Waals surface area contributed by atoms with Crippen LogP contribution in [-0.2, 0) is 6.54 Å². The molecule has 0 fully saturated rings. The van der Waals surface area contributed by atoms with Gasteiger partial charge in [-0.15, -0.1) is 10.2 Å². The van der Waals surface area contributed by atoms with Gasteiger partial charge in [-0.25, -0.2) is 0 Å². The number of anilines is 1. The van der Waals surface area contributed by atoms with E-state index in [4.69, 9.17) is 20.8 Å². The molecule has 1 heterocycles. The fourth-order valence-corrected chi connectivity index (χ4v) is 1.53. The second kappa shape index (κ2) is 5.05. The third-order valence-corrected chi connectivity index (χ3v) is 2.50. The lowest BCUT2D eigenvalue weighted by atomic mass is 10.3. The minimum Gasteiger partial charge on any atom is -0.497 e. The molecule has 1 N–H and O–H groups in total. The number of methoxy groups -OCH3 is 1. The smallest absolute Gasteiger partial charge is 0.235 e. The van der Waals surface area contributed by atoms with Crippen molar-refractivity contribution in [2.24, 2.45) is 0 Å². The van der Waals surface area contributed by atoms with E-state index in [-0.39, 0.29) is 0 Å². The number of rotatable bonds is 4. The van der Waals surface area contributed by atoms with E-state index >= 15 is 0 Å². The zero-order chi connectivity index (χ0) is 12.3. The lowest BCUT2D eigenvalue weighted by Gasteiger charge is -2.08. The van der Waals surface area contributed by atoms with Gasteiger partial charge < -0.3 is 14.5 Å². The van der Waals surface area contributed by atoms with Crippen LogP contribution in [0.2, 0.25) is 5.02 Å². The molecule has 0 aliphatic carbocycles. The Morgan fingerprint density at radius 1 is 1.41 bits per heavy atom. The molecule has 0 aliphatic heterocycles. The van der Waals surface area contributed by atoms with E-state index in [9.17, 15) is 0 Å². The van der Waals surface area contributed by atoms with E-state index in [1.54, 1.807) is 26.2 Å². The summed E-state index contributed by atoms with van der Waals surface area (Å²) in [5.41, 5.74) is 0.766. The summed E-state index contributed by atoms with van der Waals surface area (Å²) in [6.07, 6.45) is 0. The van der Waals surface area contributed by atoms with Crippen molar-refractivity contribution >= 4 is 17.3 Å². The maximum absolute atomic E-state index is 6.04. The molecular weight excluding hydrogens is 242 g/mol. The van der Waals surface area contributed by atoms with E-state index in [0.717, 1.165) is 11.4 Å². The molecule has 2 rings (SSSR count). The number of hydrogen-bond donors (Lipinski definition) is 1. The lowest BCUT2D eigenvalue weighted by Crippen LogP contribution is -2.00. The van der Waals surface area contributed by atoms with E-state index in [0.29, 0.717) is 23.3 Å². The minimum absolute atomic E-state index is 0.424. The molecule has 0 bridgehead atoms. The first-order valence-electron chi connectivity index (χ1n) is 5.05. The highest BCUT2D eigenvalue weighted by molar-refractivity contribution is 6.33. The van der Waals surface area contributed by atoms with Gasteiger partial charge in [0, 0.05) is 13.0 Å². The van der Waals surface area contributed by atoms with Crippen LogP contribution in [0.3, 0.4) is 0 Å². The maximum atomic E-state index is 6.04. The second-order valence-corrected chi connectivity index (χ2v) is 3.82. The van der Waals surface area contributed by atoms with E-state index in [2.05, 4.69) is 15.5 Å². The standard InChI is InChI=1S/C11H12ClN3O2/c1-7-14-15-11(17-7)6-13-10-5-8(16-2)3-4-9(10)12/h3-5,13H,6H2,1-2H3. The lowest BCUT2D eigenvalue weighted by molar-refractivity contribution is 0.415. The van der Waals surface area contributed by atoms with Crippen molar-refractivity contribution in [3.8, 4) is 5.75 Å². The fraction of sp³-hybridized carbons (Fsp3) is 0.273. The van der Waals surface area contributed by atoms with Crippen LogP contribution in [0.25, 0.3) is 0 Å². The molecule has 0 saturated carbocycles. The molecule has 2 aromatic rings. The monoisotopic (exact) mass is 253 g/mol. The summed E-state index contributed by atoms with van der Waals surface area (Å²) < 4.78 is 10.4. The highest BCUT2D eigenvalue weighted by Gasteiger charge is 2.05. The third-order valence-electron chi connectivity index (χ3n) is 2.17. The average molecular weight is 254 g/mol. The Morgan fingerprint density at radius 3 is 2.88 bits per heavy atom. The number of benzene rings is 1. The summed E-state index contributed by atoms with van der Waals surface area (Å²) in [6.45, 7) is 2.17. The zero-order valence-electron chi connectivity index (χ0n) is 9.53. The summed E-state index contributed by atoms with van der Waals surface area (Å²) >= 11 is 6.04. The number of nitrogens with zero attached hydrogens (tertiary/aromatic N) is 2. The third kappa shape index (κ3) is 2.88. The topological polar surface area (TPSA) is 60.2 Å². The molecule has 0 amide bonds. The maximum Gasteiger partial charge on any atom is 0.235 e. The summed E-state index contributed by atoms with van der Waals surface area (Å²) in [4.78, 5) is 0. The average Bonchev–Trinajstić information content (AvgIpc) is 2.74. The molecule has 5 nitrogen and oxygen atoms in total. The fourth-order valence-electron chi connectivity index (χ4n) is 1.35. The van der Waals surface area contributed by atoms with Crippen molar-refractivity contribution in [1.29, 1.82) is 0 Å². The Bertz CT molecular complexity index is 513. The van der Waals surface area contributed by atoms with Crippen molar-refractivity contribution in [3.63, 3.8) is 0 Å². The van der Waals surface area contributed by atoms with E-state index < -0.39 is 0 Å². The van der Waals surface area contributed by atoms with Gasteiger partial charge >= 0.3 is 0 Å². The van der Waals surface area contributed by atoms with E-state index in [1.165, 1.54) is 0 Å². The number of hydrogen-bond acceptors (Lipinski definition) is 5. The summed E-state index contributed by atoms with van der Waals surface area (Å²) in [5, 5.41) is 11.3. The minimum atomic E-state index is 0.424. The molecule has 0 unspecified atom stereocenters. The Labute approximate surface area is 104 Å². The van der Waals surface area contributed by atoms with Crippen LogP contribution >= 0.6 is 11.6 Å². The van der Waals surface area contributed by atoms with Gasteiger partial charge in [0.05, 0.1) is 24.4 Å². The summed E-state index contributed by atoms with van der Waals surface area (Å²) in [7, 11) is 1.61. The van der Waals surface area contributed by atoms with Gasteiger partial charge in [0.2, 0.25) is 11.8 Å². The van der Waals surface area contributed by atoms with Gasteiger partial charge in [0.1, 0.15) is 5.75 Å². The van der Waals surface area contributed by atoms with Gasteiger partial charge in [-0.1, -0.05) is 11.6 Å². The van der Waals surface area contributed by atoms with Crippen LogP contribution in [-0.4, -0.2) is 17.3 Å². The number of halogens is 1. The molecule has 0 radical (unpaired) electrons. The van der Waals surface area contributed by atoms with Gasteiger partial charge in [-0.05, 0) is 12.1 Å². The van der Waals surface area contributed by atoms with Gasteiger partial charge in [-0.2, -0.15) is 0 Å². The van der Waals surface area contributed by atoms with E-state index in [1.807, 2.05) is 6.07 Å². The van der Waals surface area contributed by atoms with Crippen LogP contribution in [0.5, 0.6) is 5.75 Å². The van der Waals surface area contributed by atoms with Crippen LogP contribution in [0, 0.1) is 6.92 Å². The molecule has 0 saturated heterocycles. The van der Waals surface area contributed by atoms with Crippen molar-refractivity contribution in [2.45, 2.75) is 13.5 Å². The first-order valence-corrected chi connectivity index (χ1v) is 5.43.